The third-order valence-corrected chi connectivity index (χ3v) is 3.65. The molecule has 3 rings (SSSR count). The number of benzene rings is 1. The second-order valence-corrected chi connectivity index (χ2v) is 4.97. The van der Waals surface area contributed by atoms with Crippen LogP contribution in [0.15, 0.2) is 47.1 Å². The highest BCUT2D eigenvalue weighted by Crippen LogP contribution is 2.31. The van der Waals surface area contributed by atoms with Gasteiger partial charge in [-0.05, 0) is 42.2 Å². The van der Waals surface area contributed by atoms with Crippen molar-refractivity contribution in [2.45, 2.75) is 26.4 Å². The lowest BCUT2D eigenvalue weighted by atomic mass is 10.0. The smallest absolute Gasteiger partial charge is 0.138 e. The first-order valence-corrected chi connectivity index (χ1v) is 6.80. The van der Waals surface area contributed by atoms with Crippen molar-refractivity contribution in [2.75, 3.05) is 0 Å². The largest absolute Gasteiger partial charge is 0.458 e. The van der Waals surface area contributed by atoms with Gasteiger partial charge in [0.25, 0.3) is 0 Å². The van der Waals surface area contributed by atoms with E-state index >= 15 is 0 Å². The lowest BCUT2D eigenvalue weighted by Crippen LogP contribution is -2.02. The van der Waals surface area contributed by atoms with Gasteiger partial charge in [0, 0.05) is 17.8 Å². The van der Waals surface area contributed by atoms with Gasteiger partial charge in [-0.2, -0.15) is 0 Å². The number of nitrogens with zero attached hydrogens (tertiary/aromatic N) is 1. The van der Waals surface area contributed by atoms with Gasteiger partial charge in [-0.25, -0.2) is 0 Å². The first-order valence-electron chi connectivity index (χ1n) is 6.80. The van der Waals surface area contributed by atoms with Crippen LogP contribution in [0.5, 0.6) is 0 Å². The van der Waals surface area contributed by atoms with Crippen LogP contribution in [0.2, 0.25) is 0 Å². The fourth-order valence-corrected chi connectivity index (χ4v) is 2.52. The second kappa shape index (κ2) is 5.10. The van der Waals surface area contributed by atoms with E-state index in [0.717, 1.165) is 34.1 Å². The molecule has 0 bridgehead atoms. The van der Waals surface area contributed by atoms with E-state index in [1.54, 1.807) is 12.4 Å². The van der Waals surface area contributed by atoms with Gasteiger partial charge < -0.3 is 9.52 Å². The van der Waals surface area contributed by atoms with Crippen molar-refractivity contribution >= 4 is 11.0 Å². The Kier molecular flexibility index (Phi) is 3.28. The number of hydrogen-bond acceptors (Lipinski definition) is 3. The summed E-state index contributed by atoms with van der Waals surface area (Å²) in [6.45, 7) is 4.06. The molecular formula is C17H17NO2. The highest BCUT2D eigenvalue weighted by Gasteiger charge is 2.18. The van der Waals surface area contributed by atoms with Gasteiger partial charge in [-0.15, -0.1) is 0 Å². The lowest BCUT2D eigenvalue weighted by Gasteiger charge is -2.11. The number of para-hydroxylation sites is 1. The molecule has 2 heterocycles. The predicted octanol–water partition coefficient (Wildman–Crippen LogP) is 3.78. The summed E-state index contributed by atoms with van der Waals surface area (Å²) < 4.78 is 5.84. The third-order valence-electron chi connectivity index (χ3n) is 3.65. The Morgan fingerprint density at radius 2 is 2.15 bits per heavy atom. The van der Waals surface area contributed by atoms with Gasteiger partial charge in [0.2, 0.25) is 0 Å². The summed E-state index contributed by atoms with van der Waals surface area (Å²) >= 11 is 0. The van der Waals surface area contributed by atoms with Gasteiger partial charge in [0.05, 0.1) is 0 Å². The van der Waals surface area contributed by atoms with Crippen LogP contribution in [0.25, 0.3) is 11.0 Å². The molecule has 1 N–H and O–H groups in total. The lowest BCUT2D eigenvalue weighted by molar-refractivity contribution is 0.191. The molecular weight excluding hydrogens is 250 g/mol. The fourth-order valence-electron chi connectivity index (χ4n) is 2.52. The minimum atomic E-state index is -0.750. The third kappa shape index (κ3) is 2.10. The quantitative estimate of drug-likeness (QED) is 0.785. The Bertz CT molecular complexity index is 746. The Labute approximate surface area is 117 Å². The summed E-state index contributed by atoms with van der Waals surface area (Å²) in [6.07, 6.45) is 3.58. The summed E-state index contributed by atoms with van der Waals surface area (Å²) in [4.78, 5) is 4.11. The van der Waals surface area contributed by atoms with Crippen molar-refractivity contribution in [1.29, 1.82) is 0 Å². The molecule has 2 aromatic heterocycles. The Morgan fingerprint density at radius 3 is 2.90 bits per heavy atom. The van der Waals surface area contributed by atoms with E-state index in [4.69, 9.17) is 4.42 Å². The molecule has 0 aliphatic rings. The van der Waals surface area contributed by atoms with Gasteiger partial charge in [0.15, 0.2) is 0 Å². The number of rotatable bonds is 3. The molecule has 0 saturated heterocycles. The predicted molar refractivity (Wildman–Crippen MR) is 78.6 cm³/mol. The minimum absolute atomic E-state index is 0.579. The number of pyridine rings is 1. The Hall–Kier alpha value is -2.13. The zero-order chi connectivity index (χ0) is 14.1. The number of aromatic nitrogens is 1. The monoisotopic (exact) mass is 267 g/mol. The second-order valence-electron chi connectivity index (χ2n) is 4.97. The van der Waals surface area contributed by atoms with E-state index < -0.39 is 6.10 Å². The molecule has 1 unspecified atom stereocenters. The van der Waals surface area contributed by atoms with E-state index in [1.165, 1.54) is 0 Å². The molecule has 0 aliphatic heterocycles. The number of fused-ring (bicyclic) bond motifs is 1. The molecule has 1 aromatic carbocycles. The maximum atomic E-state index is 10.6. The summed E-state index contributed by atoms with van der Waals surface area (Å²) in [6, 6.07) is 9.75. The zero-order valence-corrected chi connectivity index (χ0v) is 11.6. The van der Waals surface area contributed by atoms with Crippen LogP contribution in [0.1, 0.15) is 35.5 Å². The first-order chi connectivity index (χ1) is 9.70. The average Bonchev–Trinajstić information content (AvgIpc) is 2.92. The SMILES string of the molecule is CCc1cnccc1C(O)c1cc2cccc(C)c2o1. The number of furan rings is 1. The maximum Gasteiger partial charge on any atom is 0.138 e. The van der Waals surface area contributed by atoms with Crippen molar-refractivity contribution < 1.29 is 9.52 Å². The first kappa shape index (κ1) is 12.9. The van der Waals surface area contributed by atoms with Crippen LogP contribution in [0, 0.1) is 6.92 Å². The standard InChI is InChI=1S/C17H17NO2/c1-3-12-10-18-8-7-14(12)16(19)15-9-13-6-4-5-11(2)17(13)20-15/h4-10,16,19H,3H2,1-2H3. The van der Waals surface area contributed by atoms with Crippen LogP contribution >= 0.6 is 0 Å². The van der Waals surface area contributed by atoms with Crippen LogP contribution in [0.3, 0.4) is 0 Å². The number of aliphatic hydroxyl groups is 1. The Morgan fingerprint density at radius 1 is 1.30 bits per heavy atom. The number of hydrogen-bond donors (Lipinski definition) is 1. The minimum Gasteiger partial charge on any atom is -0.458 e. The Balaban J connectivity index is 2.08. The van der Waals surface area contributed by atoms with E-state index in [2.05, 4.69) is 11.9 Å². The molecule has 3 heteroatoms. The molecule has 3 nitrogen and oxygen atoms in total. The van der Waals surface area contributed by atoms with Crippen LogP contribution in [-0.2, 0) is 6.42 Å². The molecule has 102 valence electrons. The highest BCUT2D eigenvalue weighted by atomic mass is 16.4. The molecule has 0 aliphatic carbocycles. The van der Waals surface area contributed by atoms with E-state index in [-0.39, 0.29) is 0 Å². The van der Waals surface area contributed by atoms with Gasteiger partial charge in [-0.3, -0.25) is 4.98 Å². The van der Waals surface area contributed by atoms with Gasteiger partial charge in [0.1, 0.15) is 17.4 Å². The molecule has 1 atom stereocenters. The van der Waals surface area contributed by atoms with Crippen molar-refractivity contribution in [3.63, 3.8) is 0 Å². The number of aryl methyl sites for hydroxylation is 2. The molecule has 0 spiro atoms. The fraction of sp³-hybridized carbons (Fsp3) is 0.235. The normalized spacial score (nSPS) is 12.8. The molecule has 0 fully saturated rings. The summed E-state index contributed by atoms with van der Waals surface area (Å²) in [5, 5.41) is 11.6. The molecule has 0 radical (unpaired) electrons. The number of aliphatic hydroxyl groups excluding tert-OH is 1. The van der Waals surface area contributed by atoms with Crippen LogP contribution in [0.4, 0.5) is 0 Å². The summed E-state index contributed by atoms with van der Waals surface area (Å²) in [7, 11) is 0. The van der Waals surface area contributed by atoms with Crippen molar-refractivity contribution in [3.05, 3.63) is 65.2 Å². The molecule has 0 saturated carbocycles. The van der Waals surface area contributed by atoms with Gasteiger partial charge >= 0.3 is 0 Å². The molecule has 20 heavy (non-hydrogen) atoms. The van der Waals surface area contributed by atoms with E-state index in [9.17, 15) is 5.11 Å². The van der Waals surface area contributed by atoms with E-state index in [1.807, 2.05) is 37.3 Å². The zero-order valence-electron chi connectivity index (χ0n) is 11.6. The highest BCUT2D eigenvalue weighted by molar-refractivity contribution is 5.81. The summed E-state index contributed by atoms with van der Waals surface area (Å²) in [5.41, 5.74) is 3.82. The van der Waals surface area contributed by atoms with Crippen LogP contribution < -0.4 is 0 Å². The van der Waals surface area contributed by atoms with E-state index in [0.29, 0.717) is 5.76 Å². The van der Waals surface area contributed by atoms with Gasteiger partial charge in [-0.1, -0.05) is 25.1 Å². The van der Waals surface area contributed by atoms with Crippen molar-refractivity contribution in [1.82, 2.24) is 4.98 Å². The van der Waals surface area contributed by atoms with Crippen molar-refractivity contribution in [3.8, 4) is 0 Å². The van der Waals surface area contributed by atoms with Crippen molar-refractivity contribution in [2.24, 2.45) is 0 Å². The maximum absolute atomic E-state index is 10.6. The molecule has 3 aromatic rings. The topological polar surface area (TPSA) is 46.3 Å². The average molecular weight is 267 g/mol. The molecule has 0 amide bonds. The summed E-state index contributed by atoms with van der Waals surface area (Å²) in [5.74, 6) is 0.579. The van der Waals surface area contributed by atoms with Crippen LogP contribution in [-0.4, -0.2) is 10.1 Å².